The van der Waals surface area contributed by atoms with E-state index >= 15 is 0 Å². The standard InChI is InChI=1S/C19H27ClN4O2S/c1-13-16(12-22-19-18(20)14(2)23-15(3)24-19)21-7-6-17(13)26-9-4-5-10-27-11-8-25/h6-7,25H,4-5,8-12H2,1-3H3,(H,22,23,24). The summed E-state index contributed by atoms with van der Waals surface area (Å²) < 4.78 is 5.92. The number of aromatic nitrogens is 3. The van der Waals surface area contributed by atoms with Gasteiger partial charge in [0.05, 0.1) is 31.1 Å². The number of hydrogen-bond donors (Lipinski definition) is 2. The third-order valence-corrected chi connectivity index (χ3v) is 5.49. The van der Waals surface area contributed by atoms with Gasteiger partial charge in [-0.2, -0.15) is 11.8 Å². The lowest BCUT2D eigenvalue weighted by molar-refractivity contribution is 0.307. The largest absolute Gasteiger partial charge is 0.493 e. The van der Waals surface area contributed by atoms with Crippen LogP contribution in [0.2, 0.25) is 5.02 Å². The SMILES string of the molecule is Cc1nc(C)c(Cl)c(NCc2nccc(OCCCCSCCO)c2C)n1. The molecule has 0 unspecified atom stereocenters. The van der Waals surface area contributed by atoms with Crippen molar-refractivity contribution >= 4 is 29.2 Å². The topological polar surface area (TPSA) is 80.2 Å². The van der Waals surface area contributed by atoms with E-state index in [0.717, 1.165) is 47.0 Å². The molecule has 0 bridgehead atoms. The molecule has 0 amide bonds. The number of rotatable bonds is 11. The Hall–Kier alpha value is -1.57. The van der Waals surface area contributed by atoms with Gasteiger partial charge in [0.15, 0.2) is 0 Å². The highest BCUT2D eigenvalue weighted by atomic mass is 35.5. The molecule has 2 aromatic heterocycles. The fourth-order valence-electron chi connectivity index (χ4n) is 2.53. The minimum Gasteiger partial charge on any atom is -0.493 e. The molecule has 0 atom stereocenters. The number of halogens is 1. The summed E-state index contributed by atoms with van der Waals surface area (Å²) in [5.41, 5.74) is 2.67. The van der Waals surface area contributed by atoms with Crippen LogP contribution < -0.4 is 10.1 Å². The maximum Gasteiger partial charge on any atom is 0.149 e. The number of anilines is 1. The summed E-state index contributed by atoms with van der Waals surface area (Å²) in [6.07, 6.45) is 3.82. The van der Waals surface area contributed by atoms with Gasteiger partial charge in [0, 0.05) is 17.5 Å². The van der Waals surface area contributed by atoms with Crippen LogP contribution in [0.1, 0.15) is 35.6 Å². The summed E-state index contributed by atoms with van der Waals surface area (Å²) in [4.78, 5) is 13.1. The first-order valence-corrected chi connectivity index (χ1v) is 10.6. The van der Waals surface area contributed by atoms with Crippen LogP contribution in [-0.4, -0.2) is 44.8 Å². The van der Waals surface area contributed by atoms with Gasteiger partial charge in [-0.1, -0.05) is 11.6 Å². The summed E-state index contributed by atoms with van der Waals surface area (Å²) in [5.74, 6) is 4.00. The zero-order valence-corrected chi connectivity index (χ0v) is 17.7. The first-order chi connectivity index (χ1) is 13.0. The molecule has 0 aliphatic carbocycles. The van der Waals surface area contributed by atoms with Gasteiger partial charge in [0.25, 0.3) is 0 Å². The van der Waals surface area contributed by atoms with Crippen LogP contribution in [0.25, 0.3) is 0 Å². The number of unbranched alkanes of at least 4 members (excludes halogenated alkanes) is 1. The molecule has 0 fully saturated rings. The fraction of sp³-hybridized carbons (Fsp3) is 0.526. The Bertz CT molecular complexity index is 746. The minimum atomic E-state index is 0.244. The van der Waals surface area contributed by atoms with Gasteiger partial charge < -0.3 is 15.2 Å². The molecule has 0 spiro atoms. The van der Waals surface area contributed by atoms with E-state index in [1.807, 2.05) is 26.8 Å². The molecule has 2 aromatic rings. The van der Waals surface area contributed by atoms with E-state index in [-0.39, 0.29) is 6.61 Å². The Kier molecular flexibility index (Phi) is 9.10. The van der Waals surface area contributed by atoms with Crippen LogP contribution in [0.15, 0.2) is 12.3 Å². The van der Waals surface area contributed by atoms with E-state index < -0.39 is 0 Å². The second-order valence-corrected chi connectivity index (χ2v) is 7.75. The third kappa shape index (κ3) is 6.83. The van der Waals surface area contributed by atoms with Crippen LogP contribution in [-0.2, 0) is 6.54 Å². The molecule has 0 aliphatic heterocycles. The van der Waals surface area contributed by atoms with Crippen LogP contribution in [0.4, 0.5) is 5.82 Å². The third-order valence-electron chi connectivity index (χ3n) is 3.99. The van der Waals surface area contributed by atoms with Crippen molar-refractivity contribution in [3.05, 3.63) is 40.1 Å². The number of nitrogens with zero attached hydrogens (tertiary/aromatic N) is 3. The second-order valence-electron chi connectivity index (χ2n) is 6.14. The summed E-state index contributed by atoms with van der Waals surface area (Å²) >= 11 is 8.05. The van der Waals surface area contributed by atoms with Crippen LogP contribution in [0, 0.1) is 20.8 Å². The van der Waals surface area contributed by atoms with Gasteiger partial charge in [-0.05, 0) is 45.4 Å². The predicted molar refractivity (Wildman–Crippen MR) is 112 cm³/mol. The highest BCUT2D eigenvalue weighted by Gasteiger charge is 2.10. The molecule has 2 heterocycles. The predicted octanol–water partition coefficient (Wildman–Crippen LogP) is 3.95. The zero-order chi connectivity index (χ0) is 19.6. The van der Waals surface area contributed by atoms with Crippen molar-refractivity contribution in [2.45, 2.75) is 40.2 Å². The summed E-state index contributed by atoms with van der Waals surface area (Å²) in [7, 11) is 0. The molecule has 0 saturated carbocycles. The van der Waals surface area contributed by atoms with E-state index in [0.29, 0.717) is 29.8 Å². The van der Waals surface area contributed by atoms with E-state index in [1.54, 1.807) is 18.0 Å². The Morgan fingerprint density at radius 2 is 2.00 bits per heavy atom. The smallest absolute Gasteiger partial charge is 0.149 e. The summed E-state index contributed by atoms with van der Waals surface area (Å²) in [5, 5.41) is 12.5. The highest BCUT2D eigenvalue weighted by Crippen LogP contribution is 2.24. The van der Waals surface area contributed by atoms with E-state index in [9.17, 15) is 0 Å². The van der Waals surface area contributed by atoms with Crippen molar-refractivity contribution in [3.63, 3.8) is 0 Å². The van der Waals surface area contributed by atoms with Crippen LogP contribution in [0.3, 0.4) is 0 Å². The van der Waals surface area contributed by atoms with E-state index in [4.69, 9.17) is 21.4 Å². The molecule has 0 aliphatic rings. The number of aliphatic hydroxyl groups is 1. The number of hydrogen-bond acceptors (Lipinski definition) is 7. The zero-order valence-electron chi connectivity index (χ0n) is 16.1. The number of aryl methyl sites for hydroxylation is 2. The molecular weight excluding hydrogens is 384 g/mol. The highest BCUT2D eigenvalue weighted by molar-refractivity contribution is 7.99. The van der Waals surface area contributed by atoms with Crippen molar-refractivity contribution < 1.29 is 9.84 Å². The fourth-order valence-corrected chi connectivity index (χ4v) is 3.42. The molecule has 148 valence electrons. The molecule has 8 heteroatoms. The normalized spacial score (nSPS) is 10.9. The number of nitrogens with one attached hydrogen (secondary N) is 1. The average molecular weight is 411 g/mol. The first kappa shape index (κ1) is 21.7. The van der Waals surface area contributed by atoms with Gasteiger partial charge in [-0.15, -0.1) is 0 Å². The quantitative estimate of drug-likeness (QED) is 0.543. The second kappa shape index (κ2) is 11.3. The maximum absolute atomic E-state index is 8.76. The number of pyridine rings is 1. The lowest BCUT2D eigenvalue weighted by Gasteiger charge is -2.14. The van der Waals surface area contributed by atoms with E-state index in [2.05, 4.69) is 20.3 Å². The Morgan fingerprint density at radius 3 is 2.78 bits per heavy atom. The van der Waals surface area contributed by atoms with Crippen molar-refractivity contribution in [1.29, 1.82) is 0 Å². The van der Waals surface area contributed by atoms with Crippen molar-refractivity contribution in [1.82, 2.24) is 15.0 Å². The average Bonchev–Trinajstić information content (AvgIpc) is 2.64. The molecule has 0 saturated heterocycles. The Morgan fingerprint density at radius 1 is 1.19 bits per heavy atom. The van der Waals surface area contributed by atoms with Gasteiger partial charge in [-0.3, -0.25) is 4.98 Å². The van der Waals surface area contributed by atoms with Gasteiger partial charge in [-0.25, -0.2) is 9.97 Å². The number of thioether (sulfide) groups is 1. The Balaban J connectivity index is 1.89. The molecule has 2 rings (SSSR count). The monoisotopic (exact) mass is 410 g/mol. The van der Waals surface area contributed by atoms with E-state index in [1.165, 1.54) is 0 Å². The number of aliphatic hydroxyl groups excluding tert-OH is 1. The number of ether oxygens (including phenoxy) is 1. The van der Waals surface area contributed by atoms with Gasteiger partial charge in [0.2, 0.25) is 0 Å². The minimum absolute atomic E-state index is 0.244. The first-order valence-electron chi connectivity index (χ1n) is 9.03. The van der Waals surface area contributed by atoms with Crippen molar-refractivity contribution in [2.75, 3.05) is 30.0 Å². The van der Waals surface area contributed by atoms with Gasteiger partial charge in [0.1, 0.15) is 22.4 Å². The molecule has 2 N–H and O–H groups in total. The van der Waals surface area contributed by atoms with Crippen molar-refractivity contribution in [2.24, 2.45) is 0 Å². The van der Waals surface area contributed by atoms with Crippen molar-refractivity contribution in [3.8, 4) is 5.75 Å². The van der Waals surface area contributed by atoms with Crippen LogP contribution >= 0.6 is 23.4 Å². The lowest BCUT2D eigenvalue weighted by Crippen LogP contribution is -2.09. The molecule has 27 heavy (non-hydrogen) atoms. The summed E-state index contributed by atoms with van der Waals surface area (Å²) in [6.45, 7) is 7.14. The molecule has 0 aromatic carbocycles. The molecule has 0 radical (unpaired) electrons. The molecule has 6 nitrogen and oxygen atoms in total. The lowest BCUT2D eigenvalue weighted by atomic mass is 10.2. The maximum atomic E-state index is 8.76. The Labute approximate surface area is 170 Å². The van der Waals surface area contributed by atoms with Gasteiger partial charge >= 0.3 is 0 Å². The summed E-state index contributed by atoms with van der Waals surface area (Å²) in [6, 6.07) is 1.89. The van der Waals surface area contributed by atoms with Crippen LogP contribution in [0.5, 0.6) is 5.75 Å². The molecular formula is C19H27ClN4O2S.